The van der Waals surface area contributed by atoms with E-state index in [0.29, 0.717) is 18.7 Å². The third-order valence-corrected chi connectivity index (χ3v) is 5.08. The Labute approximate surface area is 160 Å². The number of hydrogen-bond donors (Lipinski definition) is 2. The fraction of sp³-hybridized carbons (Fsp3) is 0.444. The van der Waals surface area contributed by atoms with Crippen molar-refractivity contribution in [2.45, 2.75) is 38.8 Å². The molecule has 0 spiro atoms. The van der Waals surface area contributed by atoms with E-state index in [4.69, 9.17) is 10.5 Å². The maximum absolute atomic E-state index is 12.7. The number of benzene rings is 1. The molecule has 3 N–H and O–H groups in total. The molecule has 1 aromatic carbocycles. The SMILES string of the molecule is CCOC1CC(N)(C(=O)Nc2cnc3ccccc3c2)C1(C)C.Cl.Cl. The number of carbonyl (C=O) groups is 1. The Morgan fingerprint density at radius 1 is 1.36 bits per heavy atom. The maximum atomic E-state index is 12.7. The Morgan fingerprint density at radius 3 is 2.68 bits per heavy atom. The van der Waals surface area contributed by atoms with Crippen LogP contribution in [0.5, 0.6) is 0 Å². The van der Waals surface area contributed by atoms with Gasteiger partial charge in [-0.2, -0.15) is 0 Å². The summed E-state index contributed by atoms with van der Waals surface area (Å²) >= 11 is 0. The van der Waals surface area contributed by atoms with Crippen molar-refractivity contribution in [3.8, 4) is 0 Å². The molecule has 0 bridgehead atoms. The molecule has 0 saturated heterocycles. The standard InChI is InChI=1S/C18H23N3O2.2ClH/c1-4-23-15-10-18(19,17(15,2)3)16(22)21-13-9-12-7-5-6-8-14(12)20-11-13;;/h5-9,11,15H,4,10,19H2,1-3H3,(H,21,22);2*1H. The summed E-state index contributed by atoms with van der Waals surface area (Å²) < 4.78 is 5.67. The number of rotatable bonds is 4. The van der Waals surface area contributed by atoms with Crippen LogP contribution in [-0.2, 0) is 9.53 Å². The summed E-state index contributed by atoms with van der Waals surface area (Å²) in [6, 6.07) is 9.70. The summed E-state index contributed by atoms with van der Waals surface area (Å²) in [6.07, 6.45) is 2.20. The number of amides is 1. The third kappa shape index (κ3) is 3.60. The summed E-state index contributed by atoms with van der Waals surface area (Å²) in [6.45, 7) is 6.54. The molecule has 2 aromatic rings. The minimum absolute atomic E-state index is 0. The first-order valence-corrected chi connectivity index (χ1v) is 7.95. The van der Waals surface area contributed by atoms with Crippen LogP contribution < -0.4 is 11.1 Å². The van der Waals surface area contributed by atoms with Gasteiger partial charge in [-0.25, -0.2) is 0 Å². The van der Waals surface area contributed by atoms with Gasteiger partial charge in [0.05, 0.1) is 23.5 Å². The van der Waals surface area contributed by atoms with E-state index in [-0.39, 0.29) is 36.8 Å². The number of nitrogens with zero attached hydrogens (tertiary/aromatic N) is 1. The highest BCUT2D eigenvalue weighted by Crippen LogP contribution is 2.50. The van der Waals surface area contributed by atoms with E-state index in [0.717, 1.165) is 10.9 Å². The number of para-hydroxylation sites is 1. The number of carbonyl (C=O) groups excluding carboxylic acids is 1. The quantitative estimate of drug-likeness (QED) is 0.843. The normalized spacial score (nSPS) is 23.8. The predicted octanol–water partition coefficient (Wildman–Crippen LogP) is 3.55. The van der Waals surface area contributed by atoms with Gasteiger partial charge in [0, 0.05) is 23.8 Å². The Bertz CT molecular complexity index is 754. The minimum atomic E-state index is -0.932. The number of ether oxygens (including phenoxy) is 1. The molecule has 1 aliphatic rings. The number of pyridine rings is 1. The largest absolute Gasteiger partial charge is 0.378 e. The first kappa shape index (κ1) is 21.6. The van der Waals surface area contributed by atoms with Crippen molar-refractivity contribution in [2.75, 3.05) is 11.9 Å². The molecule has 1 aromatic heterocycles. The molecular formula is C18H25Cl2N3O2. The fourth-order valence-corrected chi connectivity index (χ4v) is 3.20. The van der Waals surface area contributed by atoms with Crippen molar-refractivity contribution < 1.29 is 9.53 Å². The second-order valence-corrected chi connectivity index (χ2v) is 6.71. The molecule has 1 saturated carbocycles. The molecular weight excluding hydrogens is 361 g/mol. The Balaban J connectivity index is 0.00000156. The Hall–Kier alpha value is -1.40. The van der Waals surface area contributed by atoms with Crippen LogP contribution in [0.1, 0.15) is 27.2 Å². The lowest BCUT2D eigenvalue weighted by Gasteiger charge is -2.57. The Kier molecular flexibility index (Phi) is 6.81. The van der Waals surface area contributed by atoms with E-state index >= 15 is 0 Å². The maximum Gasteiger partial charge on any atom is 0.245 e. The van der Waals surface area contributed by atoms with Gasteiger partial charge in [-0.3, -0.25) is 9.78 Å². The summed E-state index contributed by atoms with van der Waals surface area (Å²) in [5, 5.41) is 3.90. The zero-order valence-corrected chi connectivity index (χ0v) is 16.2. The van der Waals surface area contributed by atoms with Gasteiger partial charge in [-0.15, -0.1) is 24.8 Å². The number of nitrogens with one attached hydrogen (secondary N) is 1. The fourth-order valence-electron chi connectivity index (χ4n) is 3.20. The van der Waals surface area contributed by atoms with Crippen LogP contribution in [0, 0.1) is 5.41 Å². The number of nitrogens with two attached hydrogens (primary N) is 1. The second-order valence-electron chi connectivity index (χ2n) is 6.71. The monoisotopic (exact) mass is 385 g/mol. The topological polar surface area (TPSA) is 77.2 Å². The number of halogens is 2. The smallest absolute Gasteiger partial charge is 0.245 e. The van der Waals surface area contributed by atoms with Crippen molar-refractivity contribution in [3.05, 3.63) is 36.5 Å². The molecule has 25 heavy (non-hydrogen) atoms. The molecule has 7 heteroatoms. The van der Waals surface area contributed by atoms with Gasteiger partial charge in [0.1, 0.15) is 5.54 Å². The van der Waals surface area contributed by atoms with Gasteiger partial charge in [0.25, 0.3) is 0 Å². The van der Waals surface area contributed by atoms with Gasteiger partial charge < -0.3 is 15.8 Å². The van der Waals surface area contributed by atoms with Gasteiger partial charge in [-0.05, 0) is 19.1 Å². The summed E-state index contributed by atoms with van der Waals surface area (Å²) in [7, 11) is 0. The van der Waals surface area contributed by atoms with Crippen LogP contribution in [-0.4, -0.2) is 29.1 Å². The molecule has 2 atom stereocenters. The van der Waals surface area contributed by atoms with E-state index < -0.39 is 11.0 Å². The van der Waals surface area contributed by atoms with E-state index in [1.807, 2.05) is 51.1 Å². The molecule has 2 unspecified atom stereocenters. The molecule has 1 heterocycles. The summed E-state index contributed by atoms with van der Waals surface area (Å²) in [4.78, 5) is 17.1. The van der Waals surface area contributed by atoms with E-state index in [9.17, 15) is 4.79 Å². The zero-order valence-electron chi connectivity index (χ0n) is 14.6. The minimum Gasteiger partial charge on any atom is -0.378 e. The zero-order chi connectivity index (χ0) is 16.7. The molecule has 1 fully saturated rings. The Morgan fingerprint density at radius 2 is 2.04 bits per heavy atom. The number of hydrogen-bond acceptors (Lipinski definition) is 4. The first-order chi connectivity index (χ1) is 10.9. The van der Waals surface area contributed by atoms with Crippen molar-refractivity contribution >= 4 is 47.3 Å². The average molecular weight is 386 g/mol. The number of fused-ring (bicyclic) bond motifs is 1. The van der Waals surface area contributed by atoms with Crippen LogP contribution in [0.4, 0.5) is 5.69 Å². The lowest BCUT2D eigenvalue weighted by molar-refractivity contribution is -0.166. The highest BCUT2D eigenvalue weighted by atomic mass is 35.5. The highest BCUT2D eigenvalue weighted by molar-refractivity contribution is 6.00. The number of aromatic nitrogens is 1. The van der Waals surface area contributed by atoms with Crippen LogP contribution in [0.3, 0.4) is 0 Å². The van der Waals surface area contributed by atoms with Gasteiger partial charge in [0.15, 0.2) is 0 Å². The van der Waals surface area contributed by atoms with Gasteiger partial charge in [0.2, 0.25) is 5.91 Å². The molecule has 138 valence electrons. The summed E-state index contributed by atoms with van der Waals surface area (Å²) in [5.74, 6) is -0.185. The lowest BCUT2D eigenvalue weighted by Crippen LogP contribution is -2.74. The van der Waals surface area contributed by atoms with E-state index in [1.54, 1.807) is 6.20 Å². The molecule has 1 amide bonds. The van der Waals surface area contributed by atoms with Crippen molar-refractivity contribution in [1.82, 2.24) is 4.98 Å². The van der Waals surface area contributed by atoms with Crippen molar-refractivity contribution in [1.29, 1.82) is 0 Å². The molecule has 0 aliphatic heterocycles. The molecule has 0 radical (unpaired) electrons. The molecule has 3 rings (SSSR count). The first-order valence-electron chi connectivity index (χ1n) is 7.95. The second kappa shape index (κ2) is 7.87. The average Bonchev–Trinajstić information content (AvgIpc) is 2.54. The van der Waals surface area contributed by atoms with Crippen LogP contribution in [0.25, 0.3) is 10.9 Å². The predicted molar refractivity (Wildman–Crippen MR) is 106 cm³/mol. The molecule has 1 aliphatic carbocycles. The van der Waals surface area contributed by atoms with E-state index in [1.165, 1.54) is 0 Å². The van der Waals surface area contributed by atoms with Crippen molar-refractivity contribution in [2.24, 2.45) is 11.1 Å². The van der Waals surface area contributed by atoms with E-state index in [2.05, 4.69) is 10.3 Å². The highest BCUT2D eigenvalue weighted by Gasteiger charge is 2.62. The number of anilines is 1. The van der Waals surface area contributed by atoms with Gasteiger partial charge in [-0.1, -0.05) is 32.0 Å². The lowest BCUT2D eigenvalue weighted by atomic mass is 9.54. The van der Waals surface area contributed by atoms with Crippen LogP contribution >= 0.6 is 24.8 Å². The van der Waals surface area contributed by atoms with Gasteiger partial charge >= 0.3 is 0 Å². The van der Waals surface area contributed by atoms with Crippen LogP contribution in [0.2, 0.25) is 0 Å². The van der Waals surface area contributed by atoms with Crippen molar-refractivity contribution in [3.63, 3.8) is 0 Å². The summed E-state index contributed by atoms with van der Waals surface area (Å²) in [5.41, 5.74) is 6.61. The third-order valence-electron chi connectivity index (χ3n) is 5.08. The molecule has 5 nitrogen and oxygen atoms in total. The van der Waals surface area contributed by atoms with Crippen LogP contribution in [0.15, 0.2) is 36.5 Å².